The van der Waals surface area contributed by atoms with E-state index in [9.17, 15) is 0 Å². The summed E-state index contributed by atoms with van der Waals surface area (Å²) in [5.41, 5.74) is 18.8. The number of nitrogens with zero attached hydrogens (tertiary/aromatic N) is 2. The van der Waals surface area contributed by atoms with Gasteiger partial charge in [-0.15, -0.1) is 0 Å². The summed E-state index contributed by atoms with van der Waals surface area (Å²) < 4.78 is 2.39. The van der Waals surface area contributed by atoms with Crippen LogP contribution in [0.4, 0.5) is 11.4 Å². The lowest BCUT2D eigenvalue weighted by molar-refractivity contribution is 0.560. The molecule has 0 saturated carbocycles. The lowest BCUT2D eigenvalue weighted by atomic mass is 9.70. The first-order chi connectivity index (χ1) is 32.0. The molecular formula is C63H48N2. The summed E-state index contributed by atoms with van der Waals surface area (Å²) in [4.78, 5) is 2.73. The zero-order valence-electron chi connectivity index (χ0n) is 36.7. The Labute approximate surface area is 381 Å². The van der Waals surface area contributed by atoms with Crippen molar-refractivity contribution in [1.29, 1.82) is 0 Å². The monoisotopic (exact) mass is 832 g/mol. The van der Waals surface area contributed by atoms with Crippen LogP contribution in [-0.2, 0) is 11.0 Å². The Hall–Kier alpha value is -7.94. The van der Waals surface area contributed by atoms with Crippen LogP contribution in [0, 0.1) is 0 Å². The van der Waals surface area contributed by atoms with Gasteiger partial charge >= 0.3 is 0 Å². The van der Waals surface area contributed by atoms with E-state index in [4.69, 9.17) is 0 Å². The summed E-state index contributed by atoms with van der Waals surface area (Å²) in [6.45, 7) is 4.83. The van der Waals surface area contributed by atoms with Crippen molar-refractivity contribution in [2.45, 2.75) is 31.2 Å². The molecule has 1 heterocycles. The molecule has 2 nitrogen and oxygen atoms in total. The average molecular weight is 833 g/mol. The standard InChI is InChI=1S/C63H48N2/c1-62(2)56-35-15-13-31-51(56)53-33-21-38-60(61(53)62)65(63(41-19-18-34-55(63)45-24-8-4-9-25-45)57-36-16-12-30-50(57)44-22-6-3-7-23-44)49-29-20-26-46(42-49)47-39-40-59-54(43-47)52-32-14-17-37-58(52)64(59)48-27-10-5-11-28-48/h3-40,42-43H,41H2,1-2H3. The molecule has 1 aromatic heterocycles. The molecule has 2 aliphatic carbocycles. The van der Waals surface area contributed by atoms with E-state index in [1.165, 1.54) is 88.7 Å². The predicted molar refractivity (Wildman–Crippen MR) is 274 cm³/mol. The van der Waals surface area contributed by atoms with Crippen LogP contribution in [0.3, 0.4) is 0 Å². The van der Waals surface area contributed by atoms with Gasteiger partial charge in [-0.25, -0.2) is 0 Å². The third-order valence-corrected chi connectivity index (χ3v) is 14.1. The number of hydrogen-bond donors (Lipinski definition) is 0. The summed E-state index contributed by atoms with van der Waals surface area (Å²) in [5.74, 6) is 0. The van der Waals surface area contributed by atoms with Crippen LogP contribution in [0.15, 0.2) is 243 Å². The van der Waals surface area contributed by atoms with Gasteiger partial charge < -0.3 is 9.47 Å². The second kappa shape index (κ2) is 15.4. The Morgan fingerprint density at radius 2 is 1.05 bits per heavy atom. The van der Waals surface area contributed by atoms with E-state index in [1.54, 1.807) is 0 Å². The zero-order valence-corrected chi connectivity index (χ0v) is 36.7. The van der Waals surface area contributed by atoms with Crippen LogP contribution in [0.25, 0.3) is 66.4 Å². The number of benzene rings is 9. The highest BCUT2D eigenvalue weighted by Crippen LogP contribution is 2.59. The fourth-order valence-corrected chi connectivity index (χ4v) is 11.3. The van der Waals surface area contributed by atoms with Gasteiger partial charge in [-0.2, -0.15) is 0 Å². The highest BCUT2D eigenvalue weighted by molar-refractivity contribution is 6.10. The number of rotatable bonds is 8. The molecule has 1 unspecified atom stereocenters. The van der Waals surface area contributed by atoms with E-state index in [2.05, 4.69) is 266 Å². The molecule has 2 heteroatoms. The Kier molecular flexibility index (Phi) is 9.17. The lowest BCUT2D eigenvalue weighted by Crippen LogP contribution is -2.46. The van der Waals surface area contributed by atoms with Crippen LogP contribution < -0.4 is 4.90 Å². The van der Waals surface area contributed by atoms with E-state index in [0.717, 1.165) is 17.8 Å². The predicted octanol–water partition coefficient (Wildman–Crippen LogP) is 16.5. The van der Waals surface area contributed by atoms with Gasteiger partial charge in [-0.05, 0) is 116 Å². The van der Waals surface area contributed by atoms with Crippen molar-refractivity contribution < 1.29 is 0 Å². The smallest absolute Gasteiger partial charge is 0.100 e. The van der Waals surface area contributed by atoms with Gasteiger partial charge in [0.2, 0.25) is 0 Å². The van der Waals surface area contributed by atoms with Crippen LogP contribution in [-0.4, -0.2) is 4.57 Å². The molecular weight excluding hydrogens is 785 g/mol. The molecule has 0 amide bonds. The fraction of sp³-hybridized carbons (Fsp3) is 0.0794. The maximum atomic E-state index is 2.73. The first kappa shape index (κ1) is 38.7. The van der Waals surface area contributed by atoms with Crippen molar-refractivity contribution >= 4 is 38.8 Å². The molecule has 0 radical (unpaired) electrons. The van der Waals surface area contributed by atoms with Gasteiger partial charge in [0.15, 0.2) is 0 Å². The van der Waals surface area contributed by atoms with Crippen molar-refractivity contribution in [2.75, 3.05) is 4.90 Å². The van der Waals surface area contributed by atoms with E-state index >= 15 is 0 Å². The van der Waals surface area contributed by atoms with Crippen molar-refractivity contribution in [1.82, 2.24) is 4.57 Å². The third-order valence-electron chi connectivity index (χ3n) is 14.1. The molecule has 65 heavy (non-hydrogen) atoms. The minimum Gasteiger partial charge on any atom is -0.326 e. The Balaban J connectivity index is 1.15. The van der Waals surface area contributed by atoms with Crippen molar-refractivity contribution in [2.24, 2.45) is 0 Å². The Bertz CT molecular complexity index is 3480. The molecule has 0 bridgehead atoms. The van der Waals surface area contributed by atoms with E-state index < -0.39 is 5.54 Å². The van der Waals surface area contributed by atoms with Crippen molar-refractivity contribution in [3.8, 4) is 39.1 Å². The van der Waals surface area contributed by atoms with E-state index in [-0.39, 0.29) is 5.41 Å². The zero-order chi connectivity index (χ0) is 43.5. The van der Waals surface area contributed by atoms with Gasteiger partial charge in [-0.1, -0.05) is 208 Å². The molecule has 0 fully saturated rings. The normalized spacial score (nSPS) is 16.0. The molecule has 0 spiro atoms. The van der Waals surface area contributed by atoms with Gasteiger partial charge in [0.1, 0.15) is 5.54 Å². The molecule has 12 rings (SSSR count). The summed E-state index contributed by atoms with van der Waals surface area (Å²) in [6, 6.07) is 83.0. The number of aromatic nitrogens is 1. The molecule has 0 saturated heterocycles. The van der Waals surface area contributed by atoms with Gasteiger partial charge in [-0.3, -0.25) is 0 Å². The summed E-state index contributed by atoms with van der Waals surface area (Å²) >= 11 is 0. The van der Waals surface area contributed by atoms with Crippen molar-refractivity contribution in [3.05, 3.63) is 265 Å². The van der Waals surface area contributed by atoms with Crippen LogP contribution in [0.1, 0.15) is 42.5 Å². The molecule has 1 atom stereocenters. The van der Waals surface area contributed by atoms with Crippen LogP contribution >= 0.6 is 0 Å². The minimum absolute atomic E-state index is 0.266. The molecule has 2 aliphatic rings. The molecule has 0 aliphatic heterocycles. The van der Waals surface area contributed by atoms with Crippen LogP contribution in [0.2, 0.25) is 0 Å². The van der Waals surface area contributed by atoms with Crippen molar-refractivity contribution in [3.63, 3.8) is 0 Å². The summed E-state index contributed by atoms with van der Waals surface area (Å²) in [7, 11) is 0. The quantitative estimate of drug-likeness (QED) is 0.148. The maximum absolute atomic E-state index is 2.73. The lowest BCUT2D eigenvalue weighted by Gasteiger charge is -2.50. The number of fused-ring (bicyclic) bond motifs is 6. The highest BCUT2D eigenvalue weighted by atomic mass is 15.2. The first-order valence-corrected chi connectivity index (χ1v) is 22.8. The number of anilines is 2. The second-order valence-electron chi connectivity index (χ2n) is 18.0. The highest BCUT2D eigenvalue weighted by Gasteiger charge is 2.48. The number of para-hydroxylation sites is 2. The minimum atomic E-state index is -0.686. The van der Waals surface area contributed by atoms with E-state index in [0.29, 0.717) is 0 Å². The average Bonchev–Trinajstić information content (AvgIpc) is 3.83. The molecule has 9 aromatic carbocycles. The SMILES string of the molecule is CC1(C)c2ccccc2-c2cccc(N(c3cccc(-c4ccc5c(c4)c4ccccc4n5-c4ccccc4)c3)C3(c4ccccc4-c4ccccc4)CC=CC=C3c3ccccc3)c21. The van der Waals surface area contributed by atoms with Gasteiger partial charge in [0, 0.05) is 33.2 Å². The fourth-order valence-electron chi connectivity index (χ4n) is 11.3. The Morgan fingerprint density at radius 1 is 0.446 bits per heavy atom. The largest absolute Gasteiger partial charge is 0.326 e. The topological polar surface area (TPSA) is 8.17 Å². The summed E-state index contributed by atoms with van der Waals surface area (Å²) in [5, 5.41) is 2.49. The maximum Gasteiger partial charge on any atom is 0.100 e. The molecule has 310 valence electrons. The number of hydrogen-bond acceptors (Lipinski definition) is 1. The summed E-state index contributed by atoms with van der Waals surface area (Å²) in [6.07, 6.45) is 7.77. The van der Waals surface area contributed by atoms with E-state index in [1.807, 2.05) is 0 Å². The molecule has 10 aromatic rings. The van der Waals surface area contributed by atoms with Crippen LogP contribution in [0.5, 0.6) is 0 Å². The van der Waals surface area contributed by atoms with Gasteiger partial charge in [0.05, 0.1) is 11.0 Å². The first-order valence-electron chi connectivity index (χ1n) is 22.8. The number of allylic oxidation sites excluding steroid dienone is 2. The Morgan fingerprint density at radius 3 is 1.85 bits per heavy atom. The van der Waals surface area contributed by atoms with Gasteiger partial charge in [0.25, 0.3) is 0 Å². The molecule has 0 N–H and O–H groups in total. The second-order valence-corrected chi connectivity index (χ2v) is 18.0. The third kappa shape index (κ3) is 6.09.